The zero-order chi connectivity index (χ0) is 14.3. The lowest BCUT2D eigenvalue weighted by Gasteiger charge is -2.13. The number of benzene rings is 1. The molecular formula is C14H18N2O3. The Morgan fingerprint density at radius 3 is 2.79 bits per heavy atom. The molecule has 5 heteroatoms. The monoisotopic (exact) mass is 262 g/mol. The topological polar surface area (TPSA) is 83.6 Å². The van der Waals surface area contributed by atoms with Gasteiger partial charge in [-0.15, -0.1) is 0 Å². The zero-order valence-electron chi connectivity index (χ0n) is 10.9. The van der Waals surface area contributed by atoms with E-state index in [1.807, 2.05) is 12.1 Å². The standard InChI is InChI=1S/C14H18N2O3/c1-16(9-3-6-14(18)19)13(17)8-7-11-4-2-5-12(15)10-11/h2,4-5,7-8,10H,3,6,9,15H2,1H3,(H,18,19)/b8-7+. The fourth-order valence-electron chi connectivity index (χ4n) is 1.54. The van der Waals surface area contributed by atoms with Gasteiger partial charge in [0, 0.05) is 31.8 Å². The molecule has 1 aromatic rings. The summed E-state index contributed by atoms with van der Waals surface area (Å²) in [5, 5.41) is 8.51. The number of carboxylic acid groups (broad SMARTS) is 1. The van der Waals surface area contributed by atoms with E-state index in [0.717, 1.165) is 5.56 Å². The third kappa shape index (κ3) is 5.72. The summed E-state index contributed by atoms with van der Waals surface area (Å²) in [6.07, 6.45) is 3.65. The van der Waals surface area contributed by atoms with Crippen molar-refractivity contribution in [1.29, 1.82) is 0 Å². The highest BCUT2D eigenvalue weighted by atomic mass is 16.4. The third-order valence-corrected chi connectivity index (χ3v) is 2.59. The molecule has 0 saturated heterocycles. The number of rotatable bonds is 6. The molecule has 102 valence electrons. The predicted octanol–water partition coefficient (Wildman–Crippen LogP) is 1.61. The van der Waals surface area contributed by atoms with Gasteiger partial charge in [-0.25, -0.2) is 0 Å². The van der Waals surface area contributed by atoms with Gasteiger partial charge in [-0.1, -0.05) is 12.1 Å². The summed E-state index contributed by atoms with van der Waals surface area (Å²) in [6.45, 7) is 0.423. The predicted molar refractivity (Wildman–Crippen MR) is 74.4 cm³/mol. The lowest BCUT2D eigenvalue weighted by Crippen LogP contribution is -2.26. The van der Waals surface area contributed by atoms with Gasteiger partial charge in [-0.05, 0) is 30.2 Å². The van der Waals surface area contributed by atoms with Gasteiger partial charge in [-0.2, -0.15) is 0 Å². The summed E-state index contributed by atoms with van der Waals surface area (Å²) in [4.78, 5) is 23.6. The highest BCUT2D eigenvalue weighted by molar-refractivity contribution is 5.91. The van der Waals surface area contributed by atoms with Gasteiger partial charge in [0.05, 0.1) is 0 Å². The number of carbonyl (C=O) groups excluding carboxylic acids is 1. The normalized spacial score (nSPS) is 10.6. The van der Waals surface area contributed by atoms with Gasteiger partial charge < -0.3 is 15.7 Å². The number of likely N-dealkylation sites (N-methyl/N-ethyl adjacent to an activating group) is 1. The van der Waals surface area contributed by atoms with Crippen LogP contribution in [0.15, 0.2) is 30.3 Å². The van der Waals surface area contributed by atoms with Crippen molar-refractivity contribution in [1.82, 2.24) is 4.90 Å². The first kappa shape index (κ1) is 14.8. The van der Waals surface area contributed by atoms with Crippen LogP contribution in [0.4, 0.5) is 5.69 Å². The maximum Gasteiger partial charge on any atom is 0.303 e. The average Bonchev–Trinajstić information content (AvgIpc) is 2.35. The van der Waals surface area contributed by atoms with Crippen molar-refractivity contribution < 1.29 is 14.7 Å². The zero-order valence-corrected chi connectivity index (χ0v) is 10.9. The van der Waals surface area contributed by atoms with Crippen LogP contribution in [0.1, 0.15) is 18.4 Å². The highest BCUT2D eigenvalue weighted by Gasteiger charge is 2.05. The first-order valence-electron chi connectivity index (χ1n) is 5.99. The number of nitrogen functional groups attached to an aromatic ring is 1. The van der Waals surface area contributed by atoms with Crippen LogP contribution in [0.3, 0.4) is 0 Å². The average molecular weight is 262 g/mol. The van der Waals surface area contributed by atoms with Crippen molar-refractivity contribution in [3.05, 3.63) is 35.9 Å². The number of hydrogen-bond donors (Lipinski definition) is 2. The summed E-state index contributed by atoms with van der Waals surface area (Å²) in [5.41, 5.74) is 7.13. The minimum atomic E-state index is -0.851. The summed E-state index contributed by atoms with van der Waals surface area (Å²) in [6, 6.07) is 7.21. The lowest BCUT2D eigenvalue weighted by molar-refractivity contribution is -0.137. The number of aliphatic carboxylic acids is 1. The molecule has 19 heavy (non-hydrogen) atoms. The SMILES string of the molecule is CN(CCCC(=O)O)C(=O)/C=C/c1cccc(N)c1. The van der Waals surface area contributed by atoms with Crippen LogP contribution in [-0.2, 0) is 9.59 Å². The van der Waals surface area contributed by atoms with E-state index >= 15 is 0 Å². The first-order chi connectivity index (χ1) is 8.99. The van der Waals surface area contributed by atoms with Crippen molar-refractivity contribution in [3.8, 4) is 0 Å². The Morgan fingerprint density at radius 2 is 2.16 bits per heavy atom. The molecule has 0 saturated carbocycles. The Balaban J connectivity index is 2.47. The number of nitrogens with two attached hydrogens (primary N) is 1. The molecule has 0 fully saturated rings. The summed E-state index contributed by atoms with van der Waals surface area (Å²) >= 11 is 0. The second-order valence-corrected chi connectivity index (χ2v) is 4.26. The van der Waals surface area contributed by atoms with Crippen LogP contribution in [0, 0.1) is 0 Å². The number of hydrogen-bond acceptors (Lipinski definition) is 3. The summed E-state index contributed by atoms with van der Waals surface area (Å²) in [5.74, 6) is -1.01. The molecule has 5 nitrogen and oxygen atoms in total. The number of carbonyl (C=O) groups is 2. The van der Waals surface area contributed by atoms with Crippen molar-refractivity contribution in [2.45, 2.75) is 12.8 Å². The molecule has 0 aromatic heterocycles. The Bertz CT molecular complexity index is 483. The molecule has 0 atom stereocenters. The largest absolute Gasteiger partial charge is 0.481 e. The van der Waals surface area contributed by atoms with E-state index < -0.39 is 5.97 Å². The van der Waals surface area contributed by atoms with Crippen molar-refractivity contribution in [2.75, 3.05) is 19.3 Å². The Kier molecular flexibility index (Phi) is 5.60. The quantitative estimate of drug-likeness (QED) is 0.602. The van der Waals surface area contributed by atoms with E-state index in [4.69, 9.17) is 10.8 Å². The van der Waals surface area contributed by atoms with E-state index in [0.29, 0.717) is 18.7 Å². The molecule has 0 spiro atoms. The van der Waals surface area contributed by atoms with E-state index in [-0.39, 0.29) is 12.3 Å². The molecule has 1 rings (SSSR count). The van der Waals surface area contributed by atoms with E-state index in [9.17, 15) is 9.59 Å². The summed E-state index contributed by atoms with van der Waals surface area (Å²) in [7, 11) is 1.65. The molecule has 0 aliphatic rings. The second-order valence-electron chi connectivity index (χ2n) is 4.26. The smallest absolute Gasteiger partial charge is 0.303 e. The van der Waals surface area contributed by atoms with E-state index in [2.05, 4.69) is 0 Å². The van der Waals surface area contributed by atoms with Crippen LogP contribution >= 0.6 is 0 Å². The maximum absolute atomic E-state index is 11.7. The number of anilines is 1. The highest BCUT2D eigenvalue weighted by Crippen LogP contribution is 2.08. The minimum absolute atomic E-state index is 0.0660. The Labute approximate surface area is 112 Å². The summed E-state index contributed by atoms with van der Waals surface area (Å²) < 4.78 is 0. The number of amides is 1. The second kappa shape index (κ2) is 7.20. The Morgan fingerprint density at radius 1 is 1.42 bits per heavy atom. The van der Waals surface area contributed by atoms with Crippen LogP contribution in [0.25, 0.3) is 6.08 Å². The molecule has 0 aliphatic carbocycles. The fourth-order valence-corrected chi connectivity index (χ4v) is 1.54. The maximum atomic E-state index is 11.7. The molecule has 0 bridgehead atoms. The van der Waals surface area contributed by atoms with Crippen LogP contribution in [0.2, 0.25) is 0 Å². The molecule has 0 aliphatic heterocycles. The third-order valence-electron chi connectivity index (χ3n) is 2.59. The number of carboxylic acids is 1. The van der Waals surface area contributed by atoms with Crippen LogP contribution in [0.5, 0.6) is 0 Å². The van der Waals surface area contributed by atoms with E-state index in [1.54, 1.807) is 25.3 Å². The van der Waals surface area contributed by atoms with Gasteiger partial charge in [0.15, 0.2) is 0 Å². The van der Waals surface area contributed by atoms with Gasteiger partial charge >= 0.3 is 5.97 Å². The van der Waals surface area contributed by atoms with Gasteiger partial charge in [0.25, 0.3) is 0 Å². The Hall–Kier alpha value is -2.30. The first-order valence-corrected chi connectivity index (χ1v) is 5.99. The van der Waals surface area contributed by atoms with E-state index in [1.165, 1.54) is 11.0 Å². The fraction of sp³-hybridized carbons (Fsp3) is 0.286. The van der Waals surface area contributed by atoms with Crippen molar-refractivity contribution >= 4 is 23.6 Å². The van der Waals surface area contributed by atoms with Crippen LogP contribution in [-0.4, -0.2) is 35.5 Å². The number of nitrogens with zero attached hydrogens (tertiary/aromatic N) is 1. The lowest BCUT2D eigenvalue weighted by atomic mass is 10.2. The molecule has 0 heterocycles. The van der Waals surface area contributed by atoms with Crippen LogP contribution < -0.4 is 5.73 Å². The minimum Gasteiger partial charge on any atom is -0.481 e. The molecule has 3 N–H and O–H groups in total. The molecule has 0 unspecified atom stereocenters. The molecule has 1 aromatic carbocycles. The molecular weight excluding hydrogens is 244 g/mol. The molecule has 1 amide bonds. The molecule has 0 radical (unpaired) electrons. The van der Waals surface area contributed by atoms with Crippen molar-refractivity contribution in [2.24, 2.45) is 0 Å². The van der Waals surface area contributed by atoms with Crippen molar-refractivity contribution in [3.63, 3.8) is 0 Å². The van der Waals surface area contributed by atoms with Gasteiger partial charge in [0.2, 0.25) is 5.91 Å². The van der Waals surface area contributed by atoms with Gasteiger partial charge in [0.1, 0.15) is 0 Å². The van der Waals surface area contributed by atoms with Gasteiger partial charge in [-0.3, -0.25) is 9.59 Å².